The van der Waals surface area contributed by atoms with Gasteiger partial charge in [0.2, 0.25) is 0 Å². The molecule has 2 aromatic heterocycles. The van der Waals surface area contributed by atoms with Gasteiger partial charge in [0.15, 0.2) is 5.82 Å². The number of allylic oxidation sites excluding steroid dienone is 2. The Kier molecular flexibility index (Phi) is 7.28. The van der Waals surface area contributed by atoms with E-state index in [0.717, 1.165) is 54.2 Å². The van der Waals surface area contributed by atoms with E-state index < -0.39 is 0 Å². The molecule has 0 radical (unpaired) electrons. The Bertz CT molecular complexity index is 1260. The van der Waals surface area contributed by atoms with Gasteiger partial charge in [-0.2, -0.15) is 5.10 Å². The highest BCUT2D eigenvalue weighted by atomic mass is 15.5. The highest BCUT2D eigenvalue weighted by molar-refractivity contribution is 5.84. The fourth-order valence-corrected chi connectivity index (χ4v) is 3.96. The molecule has 184 valence electrons. The minimum Gasteiger partial charge on any atom is -0.354 e. The Balaban J connectivity index is 1.49. The van der Waals surface area contributed by atoms with Gasteiger partial charge in [0.25, 0.3) is 0 Å². The van der Waals surface area contributed by atoms with Crippen LogP contribution in [0.5, 0.6) is 0 Å². The largest absolute Gasteiger partial charge is 0.354 e. The zero-order valence-corrected chi connectivity index (χ0v) is 21.2. The van der Waals surface area contributed by atoms with Crippen LogP contribution in [-0.4, -0.2) is 52.6 Å². The first kappa shape index (κ1) is 24.6. The lowest BCUT2D eigenvalue weighted by molar-refractivity contribution is 0.584. The first-order valence-electron chi connectivity index (χ1n) is 12.0. The second-order valence-corrected chi connectivity index (χ2v) is 9.41. The van der Waals surface area contributed by atoms with E-state index >= 15 is 0 Å². The maximum absolute atomic E-state index is 6.47. The van der Waals surface area contributed by atoms with Crippen molar-refractivity contribution in [3.63, 3.8) is 0 Å². The summed E-state index contributed by atoms with van der Waals surface area (Å²) < 4.78 is 0. The Morgan fingerprint density at radius 2 is 1.94 bits per heavy atom. The Morgan fingerprint density at radius 3 is 2.69 bits per heavy atom. The Morgan fingerprint density at radius 1 is 1.17 bits per heavy atom. The number of hydrazine groups is 1. The van der Waals surface area contributed by atoms with Gasteiger partial charge >= 0.3 is 0 Å². The second-order valence-electron chi connectivity index (χ2n) is 9.41. The monoisotopic (exact) mass is 473 g/mol. The molecule has 1 aliphatic heterocycles. The summed E-state index contributed by atoms with van der Waals surface area (Å²) in [6.07, 6.45) is 8.04. The molecular weight excluding hydrogens is 438 g/mol. The maximum Gasteiger partial charge on any atom is 0.154 e. The molecule has 0 unspecified atom stereocenters. The molecule has 0 aliphatic carbocycles. The number of aromatic nitrogens is 4. The predicted octanol–water partition coefficient (Wildman–Crippen LogP) is 3.73. The number of benzene rings is 1. The summed E-state index contributed by atoms with van der Waals surface area (Å²) in [4.78, 5) is 16.1. The quantitative estimate of drug-likeness (QED) is 0.272. The van der Waals surface area contributed by atoms with Crippen LogP contribution in [-0.2, 0) is 0 Å². The molecule has 1 aliphatic rings. The van der Waals surface area contributed by atoms with Crippen molar-refractivity contribution < 1.29 is 0 Å². The molecule has 0 bridgehead atoms. The van der Waals surface area contributed by atoms with Crippen LogP contribution >= 0.6 is 0 Å². The zero-order valence-electron chi connectivity index (χ0n) is 21.2. The minimum absolute atomic E-state index is 0.289. The van der Waals surface area contributed by atoms with E-state index in [1.165, 1.54) is 5.01 Å². The highest BCUT2D eigenvalue weighted by Crippen LogP contribution is 2.23. The summed E-state index contributed by atoms with van der Waals surface area (Å²) in [6, 6.07) is 8.20. The van der Waals surface area contributed by atoms with Gasteiger partial charge in [-0.25, -0.2) is 25.8 Å². The lowest BCUT2D eigenvalue weighted by atomic mass is 9.93. The number of nitrogens with zero attached hydrogens (tertiary/aromatic N) is 6. The SMILES string of the molecule is C/C=C(\N=C/C(C)(C)/C=C/c1ccc2[nH]nc(C)c2c1)N(N)c1cc(N2CCNCC2)nc(C)n1. The van der Waals surface area contributed by atoms with E-state index in [-0.39, 0.29) is 5.41 Å². The molecule has 0 atom stereocenters. The number of nitrogens with one attached hydrogen (secondary N) is 2. The topological polar surface area (TPSA) is 111 Å². The third-order valence-corrected chi connectivity index (χ3v) is 6.02. The van der Waals surface area contributed by atoms with Crippen LogP contribution in [0.1, 0.15) is 37.9 Å². The number of aromatic amines is 1. The van der Waals surface area contributed by atoms with Gasteiger partial charge in [0, 0.05) is 49.3 Å². The molecular formula is C26H35N9. The normalized spacial score (nSPS) is 15.6. The molecule has 0 saturated carbocycles. The van der Waals surface area contributed by atoms with Gasteiger partial charge in [-0.05, 0) is 44.5 Å². The van der Waals surface area contributed by atoms with Crippen molar-refractivity contribution in [1.82, 2.24) is 25.5 Å². The summed E-state index contributed by atoms with van der Waals surface area (Å²) in [6.45, 7) is 13.7. The minimum atomic E-state index is -0.289. The number of rotatable bonds is 7. The maximum atomic E-state index is 6.47. The van der Waals surface area contributed by atoms with Gasteiger partial charge in [-0.15, -0.1) is 0 Å². The summed E-state index contributed by atoms with van der Waals surface area (Å²) in [5.41, 5.74) is 2.87. The average Bonchev–Trinajstić information content (AvgIpc) is 3.23. The first-order chi connectivity index (χ1) is 16.8. The zero-order chi connectivity index (χ0) is 25.0. The third-order valence-electron chi connectivity index (χ3n) is 6.02. The van der Waals surface area contributed by atoms with E-state index in [2.05, 4.69) is 74.6 Å². The fraction of sp³-hybridized carbons (Fsp3) is 0.385. The summed E-state index contributed by atoms with van der Waals surface area (Å²) >= 11 is 0. The van der Waals surface area contributed by atoms with Crippen LogP contribution in [0.4, 0.5) is 11.6 Å². The number of anilines is 2. The fourth-order valence-electron chi connectivity index (χ4n) is 3.96. The van der Waals surface area contributed by atoms with Crippen molar-refractivity contribution in [3.8, 4) is 0 Å². The molecule has 9 heteroatoms. The number of aliphatic imine (C=N–C) groups is 1. The molecule has 0 amide bonds. The summed E-state index contributed by atoms with van der Waals surface area (Å²) in [5, 5.41) is 13.3. The van der Waals surface area contributed by atoms with Gasteiger partial charge in [0.05, 0.1) is 11.2 Å². The van der Waals surface area contributed by atoms with Crippen molar-refractivity contribution in [2.75, 3.05) is 36.1 Å². The van der Waals surface area contributed by atoms with Crippen molar-refractivity contribution in [2.24, 2.45) is 16.3 Å². The van der Waals surface area contributed by atoms with Gasteiger partial charge in [0.1, 0.15) is 17.5 Å². The Hall–Kier alpha value is -3.56. The van der Waals surface area contributed by atoms with Crippen molar-refractivity contribution in [2.45, 2.75) is 34.6 Å². The molecule has 4 rings (SSSR count). The molecule has 3 heterocycles. The standard InChI is InChI=1S/C26H35N9/c1-6-23(35(27)25-16-24(30-19(3)31-25)34-13-11-28-12-14-34)29-17-26(4,5)10-9-20-7-8-22-21(15-20)18(2)32-33-22/h6-10,15-17,28H,11-14,27H2,1-5H3,(H,32,33)/b10-9+,23-6+,29-17-. The van der Waals surface area contributed by atoms with E-state index in [0.29, 0.717) is 17.5 Å². The molecule has 9 nitrogen and oxygen atoms in total. The van der Waals surface area contributed by atoms with Crippen LogP contribution in [0.25, 0.3) is 17.0 Å². The number of aryl methyl sites for hydroxylation is 2. The van der Waals surface area contributed by atoms with E-state index in [9.17, 15) is 0 Å². The van der Waals surface area contributed by atoms with Crippen LogP contribution in [0, 0.1) is 19.3 Å². The lowest BCUT2D eigenvalue weighted by Gasteiger charge is -2.29. The second kappa shape index (κ2) is 10.4. The molecule has 1 fully saturated rings. The number of piperazine rings is 1. The number of hydrogen-bond acceptors (Lipinski definition) is 8. The van der Waals surface area contributed by atoms with Crippen molar-refractivity contribution in [1.29, 1.82) is 0 Å². The highest BCUT2D eigenvalue weighted by Gasteiger charge is 2.17. The number of nitrogens with two attached hydrogens (primary N) is 1. The third kappa shape index (κ3) is 5.93. The van der Waals surface area contributed by atoms with Crippen LogP contribution in [0.2, 0.25) is 0 Å². The predicted molar refractivity (Wildman–Crippen MR) is 144 cm³/mol. The lowest BCUT2D eigenvalue weighted by Crippen LogP contribution is -2.44. The van der Waals surface area contributed by atoms with Crippen LogP contribution in [0.15, 0.2) is 47.2 Å². The van der Waals surface area contributed by atoms with E-state index in [1.807, 2.05) is 39.1 Å². The smallest absolute Gasteiger partial charge is 0.154 e. The number of hydrogen-bond donors (Lipinski definition) is 3. The summed E-state index contributed by atoms with van der Waals surface area (Å²) in [7, 11) is 0. The summed E-state index contributed by atoms with van der Waals surface area (Å²) in [5.74, 6) is 9.27. The van der Waals surface area contributed by atoms with Gasteiger partial charge in [-0.1, -0.05) is 32.1 Å². The molecule has 1 saturated heterocycles. The number of fused-ring (bicyclic) bond motifs is 1. The van der Waals surface area contributed by atoms with Crippen LogP contribution in [0.3, 0.4) is 0 Å². The van der Waals surface area contributed by atoms with E-state index in [4.69, 9.17) is 10.8 Å². The van der Waals surface area contributed by atoms with Crippen molar-refractivity contribution >= 4 is 34.8 Å². The number of H-pyrrole nitrogens is 1. The van der Waals surface area contributed by atoms with E-state index in [1.54, 1.807) is 0 Å². The molecule has 4 N–H and O–H groups in total. The van der Waals surface area contributed by atoms with Crippen LogP contribution < -0.4 is 21.1 Å². The van der Waals surface area contributed by atoms with Gasteiger partial charge in [-0.3, -0.25) is 5.10 Å². The van der Waals surface area contributed by atoms with Crippen molar-refractivity contribution in [3.05, 3.63) is 59.3 Å². The Labute approximate surface area is 206 Å². The molecule has 35 heavy (non-hydrogen) atoms. The first-order valence-corrected chi connectivity index (χ1v) is 12.0. The average molecular weight is 474 g/mol. The molecule has 1 aromatic carbocycles. The van der Waals surface area contributed by atoms with Gasteiger partial charge < -0.3 is 10.2 Å². The molecule has 0 spiro atoms. The molecule has 3 aromatic rings.